The van der Waals surface area contributed by atoms with Gasteiger partial charge in [0.25, 0.3) is 0 Å². The third-order valence-electron chi connectivity index (χ3n) is 1.47. The fraction of sp³-hybridized carbons (Fsp3) is 0.200. The van der Waals surface area contributed by atoms with Crippen LogP contribution in [0.3, 0.4) is 0 Å². The van der Waals surface area contributed by atoms with Crippen LogP contribution >= 0.6 is 0 Å². The van der Waals surface area contributed by atoms with Gasteiger partial charge in [0, 0.05) is 0 Å². The number of rotatable bonds is 2. The van der Waals surface area contributed by atoms with Crippen molar-refractivity contribution < 1.29 is 47.6 Å². The number of methoxy groups -OCH3 is 1. The summed E-state index contributed by atoms with van der Waals surface area (Å²) >= 11 is -3.11. The van der Waals surface area contributed by atoms with E-state index in [9.17, 15) is 0 Å². The van der Waals surface area contributed by atoms with Gasteiger partial charge in [0.05, 0.1) is 7.11 Å². The Hall–Kier alpha value is -0.170. The van der Waals surface area contributed by atoms with Crippen LogP contribution in [0.25, 0.3) is 6.08 Å². The summed E-state index contributed by atoms with van der Waals surface area (Å²) < 4.78 is 30.4. The van der Waals surface area contributed by atoms with E-state index in [0.29, 0.717) is 0 Å². The van der Waals surface area contributed by atoms with Crippen LogP contribution in [0.2, 0.25) is 0 Å². The second-order valence-electron chi connectivity index (χ2n) is 2.48. The van der Waals surface area contributed by atoms with Gasteiger partial charge in [-0.1, -0.05) is 24.3 Å². The largest absolute Gasteiger partial charge is 1.00 e. The van der Waals surface area contributed by atoms with Gasteiger partial charge in [-0.05, 0) is 24.6 Å². The van der Waals surface area contributed by atoms with Gasteiger partial charge in [-0.15, -0.1) is 11.4 Å². The fourth-order valence-corrected chi connectivity index (χ4v) is 0.907. The number of allylic oxidation sites excluding steroid dienone is 1. The van der Waals surface area contributed by atoms with Crippen LogP contribution in [0, 0.1) is 0 Å². The van der Waals surface area contributed by atoms with E-state index in [4.69, 9.17) is 18.1 Å². The molecule has 6 heteroatoms. The summed E-state index contributed by atoms with van der Waals surface area (Å²) in [7, 11) is 1.67. The van der Waals surface area contributed by atoms with Crippen molar-refractivity contribution in [3.8, 4) is 5.75 Å². The number of benzene rings is 1. The summed E-state index contributed by atoms with van der Waals surface area (Å²) in [5.41, 5.74) is 1.20. The van der Waals surface area contributed by atoms with Gasteiger partial charge in [0.1, 0.15) is 5.75 Å². The van der Waals surface area contributed by atoms with Gasteiger partial charge in [-0.25, -0.2) is 0 Å². The van der Waals surface area contributed by atoms with E-state index in [2.05, 4.69) is 6.08 Å². The Labute approximate surface area is 120 Å². The zero-order chi connectivity index (χ0) is 11.7. The van der Waals surface area contributed by atoms with Crippen LogP contribution in [0.4, 0.5) is 0 Å². The molecule has 0 aromatic heterocycles. The Bertz CT molecular complexity index is 320. The molecule has 16 heavy (non-hydrogen) atoms. The van der Waals surface area contributed by atoms with Gasteiger partial charge >= 0.3 is 29.6 Å². The fourth-order valence-electron chi connectivity index (χ4n) is 0.907. The van der Waals surface area contributed by atoms with Gasteiger partial charge in [-0.3, -0.25) is 4.21 Å². The second kappa shape index (κ2) is 11.3. The quantitative estimate of drug-likeness (QED) is 0.485. The van der Waals surface area contributed by atoms with Crippen LogP contribution in [-0.4, -0.2) is 20.4 Å². The molecule has 0 aliphatic heterocycles. The average molecular weight is 251 g/mol. The molecule has 0 saturated heterocycles. The van der Waals surface area contributed by atoms with Crippen molar-refractivity contribution in [2.24, 2.45) is 0 Å². The molecule has 0 atom stereocenters. The summed E-state index contributed by atoms with van der Waals surface area (Å²) in [5, 5.41) is 0. The van der Waals surface area contributed by atoms with E-state index in [1.807, 2.05) is 37.3 Å². The Balaban J connectivity index is 0. The third kappa shape index (κ3) is 10.4. The minimum Gasteiger partial charge on any atom is -0.784 e. The number of hydrogen-bond donors (Lipinski definition) is 0. The molecule has 4 nitrogen and oxygen atoms in total. The van der Waals surface area contributed by atoms with Crippen LogP contribution in [0.15, 0.2) is 30.3 Å². The van der Waals surface area contributed by atoms with Crippen LogP contribution < -0.4 is 34.3 Å². The minimum atomic E-state index is -3.11. The van der Waals surface area contributed by atoms with E-state index in [0.717, 1.165) is 5.75 Å². The molecule has 84 valence electrons. The van der Waals surface area contributed by atoms with Crippen LogP contribution in [0.1, 0.15) is 12.5 Å². The van der Waals surface area contributed by atoms with Gasteiger partial charge in [0.2, 0.25) is 0 Å². The molecular formula is C10H12NaO4S-. The molecule has 0 heterocycles. The Kier molecular flexibility index (Phi) is 12.9. The van der Waals surface area contributed by atoms with Crippen molar-refractivity contribution in [3.05, 3.63) is 35.9 Å². The molecule has 0 spiro atoms. The first-order valence-electron chi connectivity index (χ1n) is 4.13. The van der Waals surface area contributed by atoms with Gasteiger partial charge in [0.15, 0.2) is 0 Å². The minimum absolute atomic E-state index is 0. The molecule has 0 radical (unpaired) electrons. The summed E-state index contributed by atoms with van der Waals surface area (Å²) in [5.74, 6) is 0.901. The predicted molar refractivity (Wildman–Crippen MR) is 57.4 cm³/mol. The maximum Gasteiger partial charge on any atom is 1.00 e. The van der Waals surface area contributed by atoms with Crippen molar-refractivity contribution in [2.45, 2.75) is 6.92 Å². The SMILES string of the molecule is CC=Cc1ccc(OC)cc1.O=S([O-])[O-].[Na+]. The maximum absolute atomic E-state index is 8.44. The smallest absolute Gasteiger partial charge is 0.784 e. The molecule has 1 aromatic rings. The van der Waals surface area contributed by atoms with Crippen LogP contribution in [-0.2, 0) is 11.4 Å². The summed E-state index contributed by atoms with van der Waals surface area (Å²) in [6.07, 6.45) is 4.07. The first kappa shape index (κ1) is 18.2. The standard InChI is InChI=1S/C10H12O.Na.H2O3S/c1-3-4-9-5-7-10(11-2)8-6-9;;1-4(2)3/h3-8H,1-2H3;;(H2,1,2,3)/q;+1;/p-2. The molecule has 0 unspecified atom stereocenters. The molecular weight excluding hydrogens is 239 g/mol. The molecule has 1 aromatic carbocycles. The first-order chi connectivity index (χ1) is 7.10. The van der Waals surface area contributed by atoms with E-state index in [1.54, 1.807) is 7.11 Å². The molecule has 0 fully saturated rings. The average Bonchev–Trinajstić information content (AvgIpc) is 2.19. The molecule has 0 aliphatic rings. The normalized spacial score (nSPS) is 9.31. The van der Waals surface area contributed by atoms with Gasteiger partial charge < -0.3 is 13.8 Å². The zero-order valence-electron chi connectivity index (χ0n) is 9.51. The molecule has 1 rings (SSSR count). The second-order valence-corrected chi connectivity index (χ2v) is 2.89. The molecule has 0 saturated carbocycles. The maximum atomic E-state index is 8.44. The van der Waals surface area contributed by atoms with E-state index >= 15 is 0 Å². The predicted octanol–water partition coefficient (Wildman–Crippen LogP) is -1.27. The summed E-state index contributed by atoms with van der Waals surface area (Å²) in [6.45, 7) is 2.00. The molecule has 0 aliphatic carbocycles. The third-order valence-corrected chi connectivity index (χ3v) is 1.47. The topological polar surface area (TPSA) is 72.4 Å². The monoisotopic (exact) mass is 251 g/mol. The van der Waals surface area contributed by atoms with Gasteiger partial charge in [-0.2, -0.15) is 0 Å². The van der Waals surface area contributed by atoms with E-state index < -0.39 is 11.4 Å². The van der Waals surface area contributed by atoms with Crippen molar-refractivity contribution in [1.29, 1.82) is 0 Å². The number of ether oxygens (including phenoxy) is 1. The molecule has 0 bridgehead atoms. The van der Waals surface area contributed by atoms with Crippen LogP contribution in [0.5, 0.6) is 5.75 Å². The van der Waals surface area contributed by atoms with Crippen molar-refractivity contribution in [1.82, 2.24) is 0 Å². The van der Waals surface area contributed by atoms with Crippen molar-refractivity contribution in [3.63, 3.8) is 0 Å². The zero-order valence-corrected chi connectivity index (χ0v) is 12.3. The van der Waals surface area contributed by atoms with Crippen molar-refractivity contribution in [2.75, 3.05) is 7.11 Å². The van der Waals surface area contributed by atoms with E-state index in [-0.39, 0.29) is 29.6 Å². The van der Waals surface area contributed by atoms with E-state index in [1.165, 1.54) is 5.56 Å². The molecule has 0 amide bonds. The first-order valence-corrected chi connectivity index (χ1v) is 5.13. The summed E-state index contributed by atoms with van der Waals surface area (Å²) in [4.78, 5) is 0. The number of hydrogen-bond acceptors (Lipinski definition) is 4. The Morgan fingerprint density at radius 2 is 1.69 bits per heavy atom. The molecule has 0 N–H and O–H groups in total. The Morgan fingerprint density at radius 3 is 2.00 bits per heavy atom. The Morgan fingerprint density at radius 1 is 1.25 bits per heavy atom. The summed E-state index contributed by atoms with van der Waals surface area (Å²) in [6, 6.07) is 7.96. The van der Waals surface area contributed by atoms with Crippen molar-refractivity contribution >= 4 is 17.4 Å².